The third-order valence-corrected chi connectivity index (χ3v) is 6.54. The van der Waals surface area contributed by atoms with E-state index >= 15 is 0 Å². The van der Waals surface area contributed by atoms with Gasteiger partial charge in [-0.1, -0.05) is 23.7 Å². The molecule has 1 N–H and O–H groups in total. The van der Waals surface area contributed by atoms with Gasteiger partial charge in [-0.25, -0.2) is 9.78 Å². The summed E-state index contributed by atoms with van der Waals surface area (Å²) in [6.45, 7) is 1.69. The third kappa shape index (κ3) is 6.05. The van der Waals surface area contributed by atoms with E-state index in [1.165, 1.54) is 48.0 Å². The fraction of sp³-hybridized carbons (Fsp3) is 0.250. The average molecular weight is 575 g/mol. The summed E-state index contributed by atoms with van der Waals surface area (Å²) in [5, 5.41) is 3.02. The maximum atomic E-state index is 13.8. The molecule has 0 aliphatic rings. The van der Waals surface area contributed by atoms with Gasteiger partial charge in [0.05, 0.1) is 47.6 Å². The highest BCUT2D eigenvalue weighted by Crippen LogP contribution is 2.35. The maximum Gasteiger partial charge on any atom is 0.418 e. The fourth-order valence-corrected chi connectivity index (χ4v) is 4.43. The van der Waals surface area contributed by atoms with E-state index in [2.05, 4.69) is 5.32 Å². The van der Waals surface area contributed by atoms with Crippen LogP contribution in [0, 0.1) is 0 Å². The highest BCUT2D eigenvalue weighted by Gasteiger charge is 2.34. The number of hydrogen-bond acceptors (Lipinski definition) is 5. The molecule has 0 aliphatic carbocycles. The van der Waals surface area contributed by atoms with Gasteiger partial charge >= 0.3 is 12.2 Å². The summed E-state index contributed by atoms with van der Waals surface area (Å²) in [6, 6.07) is 14.3. The fourth-order valence-electron chi connectivity index (χ4n) is 4.26. The first-order valence-corrected chi connectivity index (χ1v) is 12.5. The standard InChI is InChI=1S/C28H26ClF3N4O4/c1-17(35(14-15-39-2)27(38)34-23-7-5-4-6-22(23)28(30,31)32)25-33-24-16-18(29)8-13-21(24)26(37)36(25)19-9-11-20(40-3)12-10-19/h4-13,16-17H,14-15H2,1-3H3,(H,34,38). The van der Waals surface area contributed by atoms with Gasteiger partial charge < -0.3 is 19.7 Å². The van der Waals surface area contributed by atoms with Crippen molar-refractivity contribution in [2.75, 3.05) is 32.7 Å². The predicted molar refractivity (Wildman–Crippen MR) is 146 cm³/mol. The molecule has 0 radical (unpaired) electrons. The summed E-state index contributed by atoms with van der Waals surface area (Å²) in [5.74, 6) is 0.733. The Balaban J connectivity index is 1.84. The number of fused-ring (bicyclic) bond motifs is 1. The molecular weight excluding hydrogens is 549 g/mol. The van der Waals surface area contributed by atoms with Crippen molar-refractivity contribution in [3.05, 3.63) is 93.5 Å². The number of halogens is 4. The smallest absolute Gasteiger partial charge is 0.418 e. The van der Waals surface area contributed by atoms with E-state index in [0.29, 0.717) is 27.4 Å². The van der Waals surface area contributed by atoms with Crippen LogP contribution in [-0.2, 0) is 10.9 Å². The van der Waals surface area contributed by atoms with Crippen molar-refractivity contribution >= 4 is 34.2 Å². The van der Waals surface area contributed by atoms with Gasteiger partial charge in [0.15, 0.2) is 0 Å². The molecule has 4 aromatic rings. The van der Waals surface area contributed by atoms with Crippen LogP contribution in [0.5, 0.6) is 5.75 Å². The lowest BCUT2D eigenvalue weighted by molar-refractivity contribution is -0.136. The normalized spacial score (nSPS) is 12.3. The molecule has 0 aliphatic heterocycles. The maximum absolute atomic E-state index is 13.8. The minimum atomic E-state index is -4.68. The number of urea groups is 1. The minimum Gasteiger partial charge on any atom is -0.497 e. The topological polar surface area (TPSA) is 85.7 Å². The van der Waals surface area contributed by atoms with Gasteiger partial charge in [0, 0.05) is 18.7 Å². The molecule has 3 aromatic carbocycles. The molecule has 40 heavy (non-hydrogen) atoms. The minimum absolute atomic E-state index is 0.0102. The molecule has 210 valence electrons. The average Bonchev–Trinajstić information content (AvgIpc) is 2.92. The summed E-state index contributed by atoms with van der Waals surface area (Å²) in [4.78, 5) is 33.2. The number of carbonyl (C=O) groups is 1. The van der Waals surface area contributed by atoms with E-state index in [1.807, 2.05) is 0 Å². The van der Waals surface area contributed by atoms with Crippen LogP contribution in [0.4, 0.5) is 23.7 Å². The molecule has 1 atom stereocenters. The van der Waals surface area contributed by atoms with E-state index in [0.717, 1.165) is 6.07 Å². The lowest BCUT2D eigenvalue weighted by atomic mass is 10.1. The van der Waals surface area contributed by atoms with Gasteiger partial charge in [-0.3, -0.25) is 9.36 Å². The van der Waals surface area contributed by atoms with Crippen molar-refractivity contribution in [3.63, 3.8) is 0 Å². The number of ether oxygens (including phenoxy) is 2. The van der Waals surface area contributed by atoms with Crippen molar-refractivity contribution in [2.45, 2.75) is 19.1 Å². The monoisotopic (exact) mass is 574 g/mol. The van der Waals surface area contributed by atoms with Crippen LogP contribution in [0.25, 0.3) is 16.6 Å². The van der Waals surface area contributed by atoms with Gasteiger partial charge in [0.2, 0.25) is 0 Å². The Morgan fingerprint density at radius 1 is 1.10 bits per heavy atom. The van der Waals surface area contributed by atoms with Gasteiger partial charge in [-0.05, 0) is 61.5 Å². The summed E-state index contributed by atoms with van der Waals surface area (Å²) < 4.78 is 52.5. The molecule has 12 heteroatoms. The molecule has 8 nitrogen and oxygen atoms in total. The molecular formula is C28H26ClF3N4O4. The van der Waals surface area contributed by atoms with Crippen molar-refractivity contribution in [2.24, 2.45) is 0 Å². The van der Waals surface area contributed by atoms with E-state index in [9.17, 15) is 22.8 Å². The van der Waals surface area contributed by atoms with Crippen LogP contribution in [-0.4, -0.2) is 47.9 Å². The number of benzene rings is 3. The van der Waals surface area contributed by atoms with Crippen molar-refractivity contribution < 1.29 is 27.4 Å². The number of carbonyl (C=O) groups excluding carboxylic acids is 1. The van der Waals surface area contributed by atoms with Crippen LogP contribution in [0.3, 0.4) is 0 Å². The van der Waals surface area contributed by atoms with Crippen LogP contribution in [0.15, 0.2) is 71.5 Å². The Kier molecular flexibility index (Phi) is 8.65. The van der Waals surface area contributed by atoms with Gasteiger partial charge in [-0.15, -0.1) is 0 Å². The second-order valence-corrected chi connectivity index (χ2v) is 9.24. The largest absolute Gasteiger partial charge is 0.497 e. The summed E-state index contributed by atoms with van der Waals surface area (Å²) in [7, 11) is 2.95. The van der Waals surface area contributed by atoms with Crippen LogP contribution >= 0.6 is 11.6 Å². The number of nitrogens with zero attached hydrogens (tertiary/aromatic N) is 3. The predicted octanol–water partition coefficient (Wildman–Crippen LogP) is 6.31. The molecule has 1 unspecified atom stereocenters. The Morgan fingerprint density at radius 2 is 1.80 bits per heavy atom. The SMILES string of the molecule is COCCN(C(=O)Nc1ccccc1C(F)(F)F)C(C)c1nc2cc(Cl)ccc2c(=O)n1-c1ccc(OC)cc1. The number of nitrogens with one attached hydrogen (secondary N) is 1. The summed E-state index contributed by atoms with van der Waals surface area (Å²) in [5.41, 5.74) is -1.05. The number of amides is 2. The van der Waals surface area contributed by atoms with Crippen LogP contribution < -0.4 is 15.6 Å². The van der Waals surface area contributed by atoms with Crippen molar-refractivity contribution in [1.82, 2.24) is 14.5 Å². The quantitative estimate of drug-likeness (QED) is 0.267. The zero-order valence-electron chi connectivity index (χ0n) is 21.8. The highest BCUT2D eigenvalue weighted by atomic mass is 35.5. The first kappa shape index (κ1) is 28.9. The Hall–Kier alpha value is -4.09. The van der Waals surface area contributed by atoms with Crippen LogP contribution in [0.1, 0.15) is 24.4 Å². The third-order valence-electron chi connectivity index (χ3n) is 6.30. The lowest BCUT2D eigenvalue weighted by Gasteiger charge is -2.31. The number of methoxy groups -OCH3 is 2. The number of rotatable bonds is 8. The number of para-hydroxylation sites is 1. The van der Waals surface area contributed by atoms with E-state index in [4.69, 9.17) is 26.1 Å². The zero-order valence-corrected chi connectivity index (χ0v) is 22.6. The van der Waals surface area contributed by atoms with Gasteiger partial charge in [0.1, 0.15) is 11.6 Å². The van der Waals surface area contributed by atoms with Gasteiger partial charge in [-0.2, -0.15) is 13.2 Å². The summed E-state index contributed by atoms with van der Waals surface area (Å²) in [6.07, 6.45) is -4.68. The Morgan fingerprint density at radius 3 is 2.45 bits per heavy atom. The first-order chi connectivity index (χ1) is 19.0. The van der Waals surface area contributed by atoms with Gasteiger partial charge in [0.25, 0.3) is 5.56 Å². The number of hydrogen-bond donors (Lipinski definition) is 1. The molecule has 2 amide bonds. The van der Waals surface area contributed by atoms with E-state index in [1.54, 1.807) is 43.3 Å². The number of alkyl halides is 3. The number of aromatic nitrogens is 2. The van der Waals surface area contributed by atoms with E-state index < -0.39 is 35.1 Å². The van der Waals surface area contributed by atoms with E-state index in [-0.39, 0.29) is 19.0 Å². The Labute approximate surface area is 232 Å². The molecule has 4 rings (SSSR count). The first-order valence-electron chi connectivity index (χ1n) is 12.1. The van der Waals surface area contributed by atoms with Crippen molar-refractivity contribution in [1.29, 1.82) is 0 Å². The second kappa shape index (κ2) is 12.0. The molecule has 0 saturated carbocycles. The van der Waals surface area contributed by atoms with Crippen molar-refractivity contribution in [3.8, 4) is 11.4 Å². The Bertz CT molecular complexity index is 1580. The molecule has 0 bridgehead atoms. The number of anilines is 1. The molecule has 0 spiro atoms. The molecule has 1 heterocycles. The molecule has 0 fully saturated rings. The summed E-state index contributed by atoms with van der Waals surface area (Å²) >= 11 is 6.17. The lowest BCUT2D eigenvalue weighted by Crippen LogP contribution is -2.41. The molecule has 1 aromatic heterocycles. The second-order valence-electron chi connectivity index (χ2n) is 8.81. The van der Waals surface area contributed by atoms with Crippen LogP contribution in [0.2, 0.25) is 5.02 Å². The molecule has 0 saturated heterocycles. The zero-order chi connectivity index (χ0) is 29.0. The highest BCUT2D eigenvalue weighted by molar-refractivity contribution is 6.31.